The lowest BCUT2D eigenvalue weighted by Gasteiger charge is -2.09. The Bertz CT molecular complexity index is 965. The number of halogens is 4. The van der Waals surface area contributed by atoms with E-state index in [9.17, 15) is 17.6 Å². The van der Waals surface area contributed by atoms with E-state index in [0.29, 0.717) is 18.6 Å². The molecule has 0 bridgehead atoms. The van der Waals surface area contributed by atoms with Gasteiger partial charge in [0.25, 0.3) is 0 Å². The second-order valence-electron chi connectivity index (χ2n) is 6.59. The van der Waals surface area contributed by atoms with E-state index in [4.69, 9.17) is 4.74 Å². The van der Waals surface area contributed by atoms with E-state index in [1.165, 1.54) is 18.2 Å². The lowest BCUT2D eigenvalue weighted by molar-refractivity contribution is -0.274. The molecule has 0 aliphatic heterocycles. The van der Waals surface area contributed by atoms with E-state index < -0.39 is 12.2 Å². The summed E-state index contributed by atoms with van der Waals surface area (Å²) in [6.45, 7) is 0. The Morgan fingerprint density at radius 3 is 2.17 bits per heavy atom. The van der Waals surface area contributed by atoms with Gasteiger partial charge in [0.2, 0.25) is 0 Å². The van der Waals surface area contributed by atoms with Gasteiger partial charge in [0.05, 0.1) is 0 Å². The molecule has 0 amide bonds. The predicted octanol–water partition coefficient (Wildman–Crippen LogP) is 7.25. The van der Waals surface area contributed by atoms with E-state index in [-0.39, 0.29) is 11.5 Å². The molecular formula is C24H20F4O2. The third-order valence-electron chi connectivity index (χ3n) is 4.24. The second kappa shape index (κ2) is 9.96. The quantitative estimate of drug-likeness (QED) is 0.284. The Morgan fingerprint density at radius 2 is 1.47 bits per heavy atom. The van der Waals surface area contributed by atoms with Crippen molar-refractivity contribution in [1.29, 1.82) is 0 Å². The molecule has 0 atom stereocenters. The lowest BCUT2D eigenvalue weighted by Crippen LogP contribution is -2.17. The highest BCUT2D eigenvalue weighted by Gasteiger charge is 2.30. The first-order valence-electron chi connectivity index (χ1n) is 9.40. The van der Waals surface area contributed by atoms with Gasteiger partial charge in [-0.05, 0) is 66.8 Å². The van der Waals surface area contributed by atoms with Crippen molar-refractivity contribution in [2.45, 2.75) is 25.6 Å². The summed E-state index contributed by atoms with van der Waals surface area (Å²) in [5.41, 5.74) is 1.82. The summed E-state index contributed by atoms with van der Waals surface area (Å²) in [6, 6.07) is 19.6. The third kappa shape index (κ3) is 6.95. The average molecular weight is 416 g/mol. The van der Waals surface area contributed by atoms with E-state index in [0.717, 1.165) is 17.5 Å². The summed E-state index contributed by atoms with van der Waals surface area (Å²) in [5, 5.41) is 0. The number of aryl methyl sites for hydroxylation is 1. The van der Waals surface area contributed by atoms with Crippen LogP contribution in [-0.2, 0) is 12.8 Å². The standard InChI is InChI=1S/C24H20F4O2/c25-22-16-13-19(17-23(22)29-20-9-5-2-6-10-20)8-4-1-3-7-18-11-14-21(15-12-18)30-24(26,27)28/h1-2,4-6,9-17H,3,7-8H2/b4-1+. The highest BCUT2D eigenvalue weighted by molar-refractivity contribution is 5.36. The molecule has 6 heteroatoms. The number of benzene rings is 3. The van der Waals surface area contributed by atoms with E-state index in [1.807, 2.05) is 30.4 Å². The zero-order valence-electron chi connectivity index (χ0n) is 16.0. The van der Waals surface area contributed by atoms with Crippen LogP contribution in [0.3, 0.4) is 0 Å². The average Bonchev–Trinajstić information content (AvgIpc) is 2.71. The van der Waals surface area contributed by atoms with Gasteiger partial charge in [-0.25, -0.2) is 4.39 Å². The molecule has 0 radical (unpaired) electrons. The van der Waals surface area contributed by atoms with Crippen molar-refractivity contribution < 1.29 is 27.0 Å². The number of allylic oxidation sites excluding steroid dienone is 2. The molecule has 0 aromatic heterocycles. The number of para-hydroxylation sites is 1. The smallest absolute Gasteiger partial charge is 0.454 e. The maximum Gasteiger partial charge on any atom is 0.573 e. The molecule has 0 aliphatic rings. The molecule has 0 fully saturated rings. The zero-order chi connectivity index (χ0) is 21.4. The Hall–Kier alpha value is -3.28. The van der Waals surface area contributed by atoms with Gasteiger partial charge in [-0.3, -0.25) is 0 Å². The van der Waals surface area contributed by atoms with Crippen LogP contribution in [-0.4, -0.2) is 6.36 Å². The van der Waals surface area contributed by atoms with E-state index in [2.05, 4.69) is 4.74 Å². The fourth-order valence-electron chi connectivity index (χ4n) is 2.81. The lowest BCUT2D eigenvalue weighted by atomic mass is 10.1. The fourth-order valence-corrected chi connectivity index (χ4v) is 2.81. The van der Waals surface area contributed by atoms with Crippen LogP contribution in [0.1, 0.15) is 17.5 Å². The van der Waals surface area contributed by atoms with Crippen molar-refractivity contribution in [2.24, 2.45) is 0 Å². The van der Waals surface area contributed by atoms with Gasteiger partial charge in [-0.2, -0.15) is 0 Å². The molecule has 3 rings (SSSR count). The fraction of sp³-hybridized carbons (Fsp3) is 0.167. The minimum Gasteiger partial charge on any atom is -0.454 e. The minimum absolute atomic E-state index is 0.174. The molecule has 0 unspecified atom stereocenters. The van der Waals surface area contributed by atoms with Gasteiger partial charge in [0.15, 0.2) is 11.6 Å². The normalized spacial score (nSPS) is 11.6. The minimum atomic E-state index is -4.68. The Kier molecular flexibility index (Phi) is 7.12. The summed E-state index contributed by atoms with van der Waals surface area (Å²) >= 11 is 0. The molecule has 30 heavy (non-hydrogen) atoms. The highest BCUT2D eigenvalue weighted by atomic mass is 19.4. The van der Waals surface area contributed by atoms with Gasteiger partial charge in [0, 0.05) is 0 Å². The molecule has 0 N–H and O–H groups in total. The van der Waals surface area contributed by atoms with Crippen molar-refractivity contribution >= 4 is 0 Å². The van der Waals surface area contributed by atoms with Crippen molar-refractivity contribution in [2.75, 3.05) is 0 Å². The van der Waals surface area contributed by atoms with Crippen molar-refractivity contribution in [3.63, 3.8) is 0 Å². The molecule has 0 spiro atoms. The monoisotopic (exact) mass is 416 g/mol. The van der Waals surface area contributed by atoms with E-state index >= 15 is 0 Å². The van der Waals surface area contributed by atoms with Crippen LogP contribution in [0.25, 0.3) is 0 Å². The van der Waals surface area contributed by atoms with Crippen molar-refractivity contribution in [3.8, 4) is 17.2 Å². The van der Waals surface area contributed by atoms with Gasteiger partial charge in [-0.1, -0.05) is 48.6 Å². The van der Waals surface area contributed by atoms with Crippen LogP contribution in [0.5, 0.6) is 17.2 Å². The summed E-state index contributed by atoms with van der Waals surface area (Å²) in [7, 11) is 0. The van der Waals surface area contributed by atoms with E-state index in [1.54, 1.807) is 36.4 Å². The molecule has 2 nitrogen and oxygen atoms in total. The Morgan fingerprint density at radius 1 is 0.767 bits per heavy atom. The van der Waals surface area contributed by atoms with Crippen LogP contribution in [0, 0.1) is 5.82 Å². The molecular weight excluding hydrogens is 396 g/mol. The summed E-state index contributed by atoms with van der Waals surface area (Å²) in [5.74, 6) is 0.0835. The van der Waals surface area contributed by atoms with Crippen molar-refractivity contribution in [1.82, 2.24) is 0 Å². The first kappa shape index (κ1) is 21.4. The van der Waals surface area contributed by atoms with Gasteiger partial charge < -0.3 is 9.47 Å². The number of rotatable bonds is 8. The van der Waals surface area contributed by atoms with Crippen molar-refractivity contribution in [3.05, 3.63) is 102 Å². The highest BCUT2D eigenvalue weighted by Crippen LogP contribution is 2.26. The number of alkyl halides is 3. The number of hydrogen-bond donors (Lipinski definition) is 0. The molecule has 0 saturated carbocycles. The SMILES string of the molecule is Fc1ccc(C/C=C/CCc2ccc(OC(F)(F)F)cc2)cc1Oc1ccccc1. The topological polar surface area (TPSA) is 18.5 Å². The molecule has 0 saturated heterocycles. The molecule has 0 heterocycles. The van der Waals surface area contributed by atoms with Crippen LogP contribution >= 0.6 is 0 Å². The Labute approximate surface area is 172 Å². The van der Waals surface area contributed by atoms with Crippen LogP contribution < -0.4 is 9.47 Å². The van der Waals surface area contributed by atoms with Crippen LogP contribution in [0.4, 0.5) is 17.6 Å². The zero-order valence-corrected chi connectivity index (χ0v) is 16.0. The third-order valence-corrected chi connectivity index (χ3v) is 4.24. The Balaban J connectivity index is 1.49. The first-order valence-corrected chi connectivity index (χ1v) is 9.40. The number of ether oxygens (including phenoxy) is 2. The predicted molar refractivity (Wildman–Crippen MR) is 107 cm³/mol. The summed E-state index contributed by atoms with van der Waals surface area (Å²) in [4.78, 5) is 0. The maximum absolute atomic E-state index is 14.0. The number of hydrogen-bond acceptors (Lipinski definition) is 2. The second-order valence-corrected chi connectivity index (χ2v) is 6.59. The van der Waals surface area contributed by atoms with Gasteiger partial charge >= 0.3 is 6.36 Å². The largest absolute Gasteiger partial charge is 0.573 e. The van der Waals surface area contributed by atoms with Gasteiger partial charge in [-0.15, -0.1) is 13.2 Å². The van der Waals surface area contributed by atoms with Crippen LogP contribution in [0.15, 0.2) is 84.9 Å². The van der Waals surface area contributed by atoms with Gasteiger partial charge in [0.1, 0.15) is 11.5 Å². The summed E-state index contributed by atoms with van der Waals surface area (Å²) in [6.07, 6.45) is 1.31. The molecule has 0 aliphatic carbocycles. The molecule has 156 valence electrons. The van der Waals surface area contributed by atoms with Crippen LogP contribution in [0.2, 0.25) is 0 Å². The maximum atomic E-state index is 14.0. The first-order chi connectivity index (χ1) is 14.4. The summed E-state index contributed by atoms with van der Waals surface area (Å²) < 4.78 is 59.9. The molecule has 3 aromatic rings. The molecule has 3 aromatic carbocycles.